The third-order valence-corrected chi connectivity index (χ3v) is 8.10. The van der Waals surface area contributed by atoms with Gasteiger partial charge in [0.05, 0.1) is 12.5 Å². The number of benzene rings is 2. The average Bonchev–Trinajstić information content (AvgIpc) is 3.87. The number of nitrogens with two attached hydrogens (primary N) is 1. The molecule has 0 fully saturated rings. The molecule has 284 valence electrons. The number of amides is 5. The summed E-state index contributed by atoms with van der Waals surface area (Å²) in [7, 11) is 0. The zero-order chi connectivity index (χ0) is 39.0. The van der Waals surface area contributed by atoms with Crippen LogP contribution in [0.25, 0.3) is 0 Å². The molecule has 0 spiro atoms. The van der Waals surface area contributed by atoms with Crippen LogP contribution in [0.5, 0.6) is 0 Å². The minimum Gasteiger partial charge on any atom is -0.382 e. The maximum atomic E-state index is 13.5. The molecular weight excluding hydrogens is 704 g/mol. The van der Waals surface area contributed by atoms with Crippen LogP contribution in [0, 0.1) is 5.92 Å². The van der Waals surface area contributed by atoms with E-state index in [9.17, 15) is 55.4 Å². The third-order valence-electron chi connectivity index (χ3n) is 8.10. The Balaban J connectivity index is 1.71. The SMILES string of the molecule is CC(NC(=O)C(Cc1ccccc1)NC(=O)C(NC(=O)Cc1ccc(C2(C(F)(F)F)N=N2)cc1)C(C)C)C(=O)NC(CCC(N)=O)C(O)C(F)(F)F. The first-order chi connectivity index (χ1) is 24.1. The van der Waals surface area contributed by atoms with Gasteiger partial charge in [-0.25, -0.2) is 0 Å². The van der Waals surface area contributed by atoms with Crippen LogP contribution in [-0.2, 0) is 42.5 Å². The molecule has 3 rings (SSSR count). The average molecular weight is 744 g/mol. The van der Waals surface area contributed by atoms with E-state index in [0.717, 1.165) is 19.1 Å². The third kappa shape index (κ3) is 11.2. The van der Waals surface area contributed by atoms with Crippen LogP contribution in [0.15, 0.2) is 64.8 Å². The number of primary amides is 1. The summed E-state index contributed by atoms with van der Waals surface area (Å²) in [6.45, 7) is 4.38. The molecular formula is C33H39F6N7O6. The number of nitrogens with zero attached hydrogens (tertiary/aromatic N) is 2. The first kappa shape index (κ1) is 41.4. The van der Waals surface area contributed by atoms with Crippen molar-refractivity contribution in [1.82, 2.24) is 21.3 Å². The van der Waals surface area contributed by atoms with Gasteiger partial charge in [-0.2, -0.15) is 26.3 Å². The number of halogens is 6. The van der Waals surface area contributed by atoms with E-state index in [4.69, 9.17) is 5.73 Å². The standard InChI is InChI=1S/C33H39F6N7O6/c1-17(2)26(44-25(48)16-20-9-11-21(12-10-20)31(45-46-31)33(37,38)39)30(52)43-23(15-19-7-5-4-6-8-19)29(51)41-18(3)28(50)42-22(13-14-24(40)47)27(49)32(34,35)36/h4-12,17-18,22-23,26-27,49H,13-16H2,1-3H3,(H2,40,47)(H,41,51)(H,42,50)(H,43,52)(H,44,48). The molecule has 5 atom stereocenters. The fourth-order valence-corrected chi connectivity index (χ4v) is 5.09. The molecule has 5 amide bonds. The molecule has 0 saturated carbocycles. The molecule has 0 aliphatic carbocycles. The van der Waals surface area contributed by atoms with Gasteiger partial charge >= 0.3 is 18.0 Å². The molecule has 2 aromatic rings. The molecule has 1 aliphatic heterocycles. The second-order valence-electron chi connectivity index (χ2n) is 12.6. The number of hydrogen-bond donors (Lipinski definition) is 6. The Morgan fingerprint density at radius 2 is 1.38 bits per heavy atom. The second kappa shape index (κ2) is 17.0. The predicted octanol–water partition coefficient (Wildman–Crippen LogP) is 2.46. The summed E-state index contributed by atoms with van der Waals surface area (Å²) in [5.41, 5.74) is 3.07. The van der Waals surface area contributed by atoms with Crippen molar-refractivity contribution in [1.29, 1.82) is 0 Å². The maximum Gasteiger partial charge on any atom is 0.442 e. The summed E-state index contributed by atoms with van der Waals surface area (Å²) >= 11 is 0. The Labute approximate surface area is 294 Å². The van der Waals surface area contributed by atoms with E-state index in [1.807, 2.05) is 5.32 Å². The van der Waals surface area contributed by atoms with Crippen LogP contribution >= 0.6 is 0 Å². The molecule has 2 aromatic carbocycles. The van der Waals surface area contributed by atoms with Crippen molar-refractivity contribution in [3.05, 3.63) is 71.3 Å². The minimum atomic E-state index is -5.15. The monoisotopic (exact) mass is 743 g/mol. The van der Waals surface area contributed by atoms with Crippen molar-refractivity contribution in [2.45, 2.75) is 94.7 Å². The van der Waals surface area contributed by atoms with Gasteiger partial charge in [-0.1, -0.05) is 68.4 Å². The van der Waals surface area contributed by atoms with Crippen molar-refractivity contribution >= 4 is 29.5 Å². The summed E-state index contributed by atoms with van der Waals surface area (Å²) in [6.07, 6.45) is -14.6. The van der Waals surface area contributed by atoms with E-state index < -0.39 is 96.6 Å². The number of hydrogen-bond acceptors (Lipinski definition) is 8. The zero-order valence-electron chi connectivity index (χ0n) is 28.2. The molecule has 1 heterocycles. The highest BCUT2D eigenvalue weighted by Gasteiger charge is 2.65. The number of nitrogens with one attached hydrogen (secondary N) is 4. The zero-order valence-corrected chi connectivity index (χ0v) is 28.2. The predicted molar refractivity (Wildman–Crippen MR) is 172 cm³/mol. The highest BCUT2D eigenvalue weighted by molar-refractivity contribution is 5.94. The Bertz CT molecular complexity index is 1610. The quantitative estimate of drug-likeness (QED) is 0.134. The fraction of sp³-hybridized carbons (Fsp3) is 0.485. The normalized spacial score (nSPS) is 16.5. The lowest BCUT2D eigenvalue weighted by molar-refractivity contribution is -0.212. The highest BCUT2D eigenvalue weighted by Crippen LogP contribution is 2.52. The number of aliphatic hydroxyl groups excluding tert-OH is 1. The summed E-state index contributed by atoms with van der Waals surface area (Å²) in [5.74, 6) is -5.00. The summed E-state index contributed by atoms with van der Waals surface area (Å²) in [6, 6.07) is 7.24. The summed E-state index contributed by atoms with van der Waals surface area (Å²) in [4.78, 5) is 63.9. The van der Waals surface area contributed by atoms with Crippen LogP contribution < -0.4 is 27.0 Å². The Morgan fingerprint density at radius 3 is 1.88 bits per heavy atom. The van der Waals surface area contributed by atoms with Gasteiger partial charge in [0.2, 0.25) is 29.5 Å². The molecule has 0 radical (unpaired) electrons. The van der Waals surface area contributed by atoms with Gasteiger partial charge in [0, 0.05) is 18.4 Å². The highest BCUT2D eigenvalue weighted by atomic mass is 19.4. The van der Waals surface area contributed by atoms with Gasteiger partial charge in [0.15, 0.2) is 6.10 Å². The lowest BCUT2D eigenvalue weighted by atomic mass is 9.99. The van der Waals surface area contributed by atoms with Gasteiger partial charge in [0.1, 0.15) is 18.1 Å². The number of rotatable bonds is 17. The van der Waals surface area contributed by atoms with Crippen LogP contribution in [0.1, 0.15) is 50.3 Å². The Morgan fingerprint density at radius 1 is 0.788 bits per heavy atom. The minimum absolute atomic E-state index is 0.107. The molecule has 5 unspecified atom stereocenters. The van der Waals surface area contributed by atoms with Crippen LogP contribution in [0.4, 0.5) is 26.3 Å². The van der Waals surface area contributed by atoms with Crippen molar-refractivity contribution in [3.63, 3.8) is 0 Å². The first-order valence-corrected chi connectivity index (χ1v) is 16.0. The Kier molecular flexibility index (Phi) is 13.5. The van der Waals surface area contributed by atoms with Crippen LogP contribution in [0.3, 0.4) is 0 Å². The molecule has 1 aliphatic rings. The molecule has 0 aromatic heterocycles. The topological polar surface area (TPSA) is 204 Å². The largest absolute Gasteiger partial charge is 0.442 e. The molecule has 7 N–H and O–H groups in total. The summed E-state index contributed by atoms with van der Waals surface area (Å²) < 4.78 is 79.6. The van der Waals surface area contributed by atoms with E-state index >= 15 is 0 Å². The van der Waals surface area contributed by atoms with E-state index in [0.29, 0.717) is 11.1 Å². The van der Waals surface area contributed by atoms with E-state index in [-0.39, 0.29) is 18.4 Å². The van der Waals surface area contributed by atoms with Gasteiger partial charge in [0.25, 0.3) is 0 Å². The molecule has 0 saturated heterocycles. The molecule has 0 bridgehead atoms. The number of carbonyl (C=O) groups is 5. The molecule has 19 heteroatoms. The smallest absolute Gasteiger partial charge is 0.382 e. The van der Waals surface area contributed by atoms with Crippen molar-refractivity contribution in [2.75, 3.05) is 0 Å². The van der Waals surface area contributed by atoms with Crippen LogP contribution in [0.2, 0.25) is 0 Å². The summed E-state index contributed by atoms with van der Waals surface area (Å²) in [5, 5.41) is 25.4. The number of carbonyl (C=O) groups excluding carboxylic acids is 5. The number of alkyl halides is 6. The lowest BCUT2D eigenvalue weighted by Gasteiger charge is -2.28. The molecule has 13 nitrogen and oxygen atoms in total. The number of aliphatic hydroxyl groups is 1. The maximum absolute atomic E-state index is 13.5. The molecule has 52 heavy (non-hydrogen) atoms. The van der Waals surface area contributed by atoms with Gasteiger partial charge in [-0.15, -0.1) is 10.2 Å². The van der Waals surface area contributed by atoms with E-state index in [1.165, 1.54) is 12.1 Å². The Hall–Kier alpha value is -5.07. The fourth-order valence-electron chi connectivity index (χ4n) is 5.09. The van der Waals surface area contributed by atoms with Crippen molar-refractivity contribution in [3.8, 4) is 0 Å². The van der Waals surface area contributed by atoms with Crippen molar-refractivity contribution < 1.29 is 55.4 Å². The van der Waals surface area contributed by atoms with Gasteiger partial charge in [-0.05, 0) is 30.4 Å². The van der Waals surface area contributed by atoms with Gasteiger partial charge in [-0.3, -0.25) is 24.0 Å². The van der Waals surface area contributed by atoms with Crippen molar-refractivity contribution in [2.24, 2.45) is 21.9 Å². The van der Waals surface area contributed by atoms with Crippen LogP contribution in [-0.4, -0.2) is 77.3 Å². The second-order valence-corrected chi connectivity index (χ2v) is 12.6. The lowest BCUT2D eigenvalue weighted by Crippen LogP contribution is -2.59. The van der Waals surface area contributed by atoms with E-state index in [1.54, 1.807) is 44.2 Å². The van der Waals surface area contributed by atoms with E-state index in [2.05, 4.69) is 26.2 Å². The first-order valence-electron chi connectivity index (χ1n) is 16.0. The van der Waals surface area contributed by atoms with Gasteiger partial charge < -0.3 is 32.1 Å².